The van der Waals surface area contributed by atoms with E-state index in [4.69, 9.17) is 0 Å². The number of aromatic nitrogens is 1. The molecule has 0 unspecified atom stereocenters. The summed E-state index contributed by atoms with van der Waals surface area (Å²) >= 11 is 0. The zero-order valence-corrected chi connectivity index (χ0v) is 10.2. The van der Waals surface area contributed by atoms with Crippen LogP contribution in [-0.2, 0) is 4.79 Å². The van der Waals surface area contributed by atoms with E-state index in [0.29, 0.717) is 12.2 Å². The van der Waals surface area contributed by atoms with Crippen molar-refractivity contribution in [1.29, 1.82) is 0 Å². The molecule has 0 saturated carbocycles. The second-order valence-corrected chi connectivity index (χ2v) is 4.18. The molecular weight excluding hydrogens is 202 g/mol. The first-order valence-corrected chi connectivity index (χ1v) is 5.45. The number of carbonyl (C=O) groups is 1. The molecule has 0 radical (unpaired) electrons. The SMILES string of the molecule is Cc1ccc(NC(=O)CCCN(C)C)nc1. The number of nitrogens with zero attached hydrogens (tertiary/aromatic N) is 2. The van der Waals surface area contributed by atoms with Gasteiger partial charge in [-0.15, -0.1) is 0 Å². The first kappa shape index (κ1) is 12.6. The molecule has 0 aromatic carbocycles. The summed E-state index contributed by atoms with van der Waals surface area (Å²) in [6.07, 6.45) is 3.15. The molecule has 4 nitrogen and oxygen atoms in total. The van der Waals surface area contributed by atoms with Crippen LogP contribution in [0.15, 0.2) is 18.3 Å². The molecule has 1 aromatic rings. The minimum Gasteiger partial charge on any atom is -0.311 e. The van der Waals surface area contributed by atoms with Crippen LogP contribution in [0.5, 0.6) is 0 Å². The summed E-state index contributed by atoms with van der Waals surface area (Å²) in [5.74, 6) is 0.652. The zero-order chi connectivity index (χ0) is 12.0. The highest BCUT2D eigenvalue weighted by Gasteiger charge is 2.02. The highest BCUT2D eigenvalue weighted by molar-refractivity contribution is 5.89. The van der Waals surface area contributed by atoms with Crippen LogP contribution >= 0.6 is 0 Å². The van der Waals surface area contributed by atoms with Crippen molar-refractivity contribution >= 4 is 11.7 Å². The van der Waals surface area contributed by atoms with Gasteiger partial charge in [0.05, 0.1) is 0 Å². The Bertz CT molecular complexity index is 333. The predicted molar refractivity (Wildman–Crippen MR) is 65.4 cm³/mol. The fourth-order valence-electron chi connectivity index (χ4n) is 1.30. The van der Waals surface area contributed by atoms with Crippen molar-refractivity contribution < 1.29 is 4.79 Å². The van der Waals surface area contributed by atoms with Crippen molar-refractivity contribution in [1.82, 2.24) is 9.88 Å². The molecule has 1 amide bonds. The molecule has 0 fully saturated rings. The summed E-state index contributed by atoms with van der Waals surface area (Å²) in [5, 5.41) is 2.77. The molecule has 0 aliphatic rings. The normalized spacial score (nSPS) is 10.5. The smallest absolute Gasteiger partial charge is 0.225 e. The highest BCUT2D eigenvalue weighted by Crippen LogP contribution is 2.04. The molecule has 88 valence electrons. The molecule has 0 atom stereocenters. The van der Waals surface area contributed by atoms with E-state index in [1.165, 1.54) is 0 Å². The lowest BCUT2D eigenvalue weighted by molar-refractivity contribution is -0.116. The predicted octanol–water partition coefficient (Wildman–Crippen LogP) is 1.67. The van der Waals surface area contributed by atoms with Crippen LogP contribution in [-0.4, -0.2) is 36.4 Å². The van der Waals surface area contributed by atoms with E-state index in [9.17, 15) is 4.79 Å². The van der Waals surface area contributed by atoms with Gasteiger partial charge in [0.15, 0.2) is 0 Å². The Labute approximate surface area is 96.7 Å². The van der Waals surface area contributed by atoms with Crippen molar-refractivity contribution in [2.24, 2.45) is 0 Å². The van der Waals surface area contributed by atoms with Crippen LogP contribution in [0.4, 0.5) is 5.82 Å². The largest absolute Gasteiger partial charge is 0.311 e. The van der Waals surface area contributed by atoms with Crippen LogP contribution in [0.2, 0.25) is 0 Å². The van der Waals surface area contributed by atoms with Gasteiger partial charge in [0.25, 0.3) is 0 Å². The molecule has 1 heterocycles. The summed E-state index contributed by atoms with van der Waals surface area (Å²) < 4.78 is 0. The summed E-state index contributed by atoms with van der Waals surface area (Å²) in [4.78, 5) is 17.7. The number of hydrogen-bond donors (Lipinski definition) is 1. The summed E-state index contributed by atoms with van der Waals surface area (Å²) in [6, 6.07) is 3.75. The Hall–Kier alpha value is -1.42. The average molecular weight is 221 g/mol. The molecular formula is C12H19N3O. The molecule has 4 heteroatoms. The summed E-state index contributed by atoms with van der Waals surface area (Å²) in [7, 11) is 4.00. The lowest BCUT2D eigenvalue weighted by Crippen LogP contribution is -2.17. The summed E-state index contributed by atoms with van der Waals surface area (Å²) in [5.41, 5.74) is 1.09. The van der Waals surface area contributed by atoms with Gasteiger partial charge in [0, 0.05) is 12.6 Å². The van der Waals surface area contributed by atoms with Gasteiger partial charge >= 0.3 is 0 Å². The molecule has 0 aliphatic carbocycles. The van der Waals surface area contributed by atoms with Crippen molar-refractivity contribution in [3.8, 4) is 0 Å². The monoisotopic (exact) mass is 221 g/mol. The van der Waals surface area contributed by atoms with Crippen molar-refractivity contribution in [3.63, 3.8) is 0 Å². The van der Waals surface area contributed by atoms with Gasteiger partial charge in [-0.25, -0.2) is 4.98 Å². The highest BCUT2D eigenvalue weighted by atomic mass is 16.1. The van der Waals surface area contributed by atoms with Crippen LogP contribution in [0.1, 0.15) is 18.4 Å². The number of aryl methyl sites for hydroxylation is 1. The molecule has 0 bridgehead atoms. The van der Waals surface area contributed by atoms with E-state index < -0.39 is 0 Å². The lowest BCUT2D eigenvalue weighted by atomic mass is 10.3. The topological polar surface area (TPSA) is 45.2 Å². The van der Waals surface area contributed by atoms with Gasteiger partial charge in [0.2, 0.25) is 5.91 Å². The van der Waals surface area contributed by atoms with E-state index >= 15 is 0 Å². The number of carbonyl (C=O) groups excluding carboxylic acids is 1. The van der Waals surface area contributed by atoms with Crippen molar-refractivity contribution in [2.75, 3.05) is 26.0 Å². The minimum atomic E-state index is 0.0261. The third-order valence-electron chi connectivity index (χ3n) is 2.19. The van der Waals surface area contributed by atoms with E-state index in [-0.39, 0.29) is 5.91 Å². The second-order valence-electron chi connectivity index (χ2n) is 4.18. The first-order chi connectivity index (χ1) is 7.58. The fourth-order valence-corrected chi connectivity index (χ4v) is 1.30. The maximum atomic E-state index is 11.5. The Morgan fingerprint density at radius 2 is 2.19 bits per heavy atom. The third kappa shape index (κ3) is 4.89. The quantitative estimate of drug-likeness (QED) is 0.822. The van der Waals surface area contributed by atoms with Crippen LogP contribution in [0, 0.1) is 6.92 Å². The van der Waals surface area contributed by atoms with Gasteiger partial charge in [0.1, 0.15) is 5.82 Å². The minimum absolute atomic E-state index is 0.0261. The Morgan fingerprint density at radius 3 is 2.75 bits per heavy atom. The van der Waals surface area contributed by atoms with E-state index in [0.717, 1.165) is 18.5 Å². The van der Waals surface area contributed by atoms with Crippen molar-refractivity contribution in [2.45, 2.75) is 19.8 Å². The fraction of sp³-hybridized carbons (Fsp3) is 0.500. The average Bonchev–Trinajstić information content (AvgIpc) is 2.21. The Kier molecular flexibility index (Phi) is 4.92. The molecule has 1 N–H and O–H groups in total. The molecule has 16 heavy (non-hydrogen) atoms. The standard InChI is InChI=1S/C12H19N3O/c1-10-6-7-11(13-9-10)14-12(16)5-4-8-15(2)3/h6-7,9H,4-5,8H2,1-3H3,(H,13,14,16). The van der Waals surface area contributed by atoms with E-state index in [1.54, 1.807) is 6.20 Å². The number of anilines is 1. The van der Waals surface area contributed by atoms with Gasteiger partial charge in [-0.2, -0.15) is 0 Å². The number of nitrogens with one attached hydrogen (secondary N) is 1. The van der Waals surface area contributed by atoms with Crippen LogP contribution in [0.25, 0.3) is 0 Å². The maximum absolute atomic E-state index is 11.5. The van der Waals surface area contributed by atoms with Gasteiger partial charge in [-0.3, -0.25) is 4.79 Å². The van der Waals surface area contributed by atoms with Crippen LogP contribution < -0.4 is 5.32 Å². The second kappa shape index (κ2) is 6.23. The Balaban J connectivity index is 2.31. The number of rotatable bonds is 5. The molecule has 1 aromatic heterocycles. The number of pyridine rings is 1. The van der Waals surface area contributed by atoms with E-state index in [2.05, 4.69) is 15.2 Å². The zero-order valence-electron chi connectivity index (χ0n) is 10.2. The maximum Gasteiger partial charge on any atom is 0.225 e. The van der Waals surface area contributed by atoms with Gasteiger partial charge in [-0.05, 0) is 45.6 Å². The number of amides is 1. The third-order valence-corrected chi connectivity index (χ3v) is 2.19. The number of hydrogen-bond acceptors (Lipinski definition) is 3. The lowest BCUT2D eigenvalue weighted by Gasteiger charge is -2.08. The van der Waals surface area contributed by atoms with Crippen LogP contribution in [0.3, 0.4) is 0 Å². The molecule has 1 rings (SSSR count). The van der Waals surface area contributed by atoms with Crippen molar-refractivity contribution in [3.05, 3.63) is 23.9 Å². The summed E-state index contributed by atoms with van der Waals surface area (Å²) in [6.45, 7) is 2.89. The van der Waals surface area contributed by atoms with Gasteiger partial charge in [-0.1, -0.05) is 6.07 Å². The van der Waals surface area contributed by atoms with Gasteiger partial charge < -0.3 is 10.2 Å². The molecule has 0 saturated heterocycles. The van der Waals surface area contributed by atoms with E-state index in [1.807, 2.05) is 33.2 Å². The molecule has 0 aliphatic heterocycles. The first-order valence-electron chi connectivity index (χ1n) is 5.45. The molecule has 0 spiro atoms. The Morgan fingerprint density at radius 1 is 1.44 bits per heavy atom.